The van der Waals surface area contributed by atoms with Gasteiger partial charge in [0.15, 0.2) is 6.54 Å². The molecule has 2 N–H and O–H groups in total. The first-order chi connectivity index (χ1) is 9.13. The van der Waals surface area contributed by atoms with Crippen LogP contribution in [0.1, 0.15) is 5.56 Å². The Labute approximate surface area is 125 Å². The Morgan fingerprint density at radius 2 is 2.05 bits per heavy atom. The van der Waals surface area contributed by atoms with Gasteiger partial charge in [0.2, 0.25) is 0 Å². The summed E-state index contributed by atoms with van der Waals surface area (Å²) in [7, 11) is 2.03. The molecule has 0 saturated heterocycles. The lowest BCUT2D eigenvalue weighted by Crippen LogP contribution is -3.08. The number of hydrogen-bond donors (Lipinski definition) is 2. The van der Waals surface area contributed by atoms with Gasteiger partial charge in [-0.3, -0.25) is 4.79 Å². The largest absolute Gasteiger partial charge is 0.326 e. The summed E-state index contributed by atoms with van der Waals surface area (Å²) < 4.78 is 1.01. The van der Waals surface area contributed by atoms with Crippen molar-refractivity contribution >= 4 is 38.9 Å². The van der Waals surface area contributed by atoms with E-state index in [4.69, 9.17) is 0 Å². The average molecular weight is 340 g/mol. The van der Waals surface area contributed by atoms with Crippen LogP contribution in [0, 0.1) is 0 Å². The lowest BCUT2D eigenvalue weighted by Gasteiger charge is -2.13. The van der Waals surface area contributed by atoms with Crippen LogP contribution in [0.2, 0.25) is 0 Å². The highest BCUT2D eigenvalue weighted by atomic mass is 79.9. The molecular weight excluding hydrogens is 324 g/mol. The summed E-state index contributed by atoms with van der Waals surface area (Å²) in [5.74, 6) is 0.0371. The number of rotatable bonds is 5. The Hall–Kier alpha value is -1.17. The predicted octanol–water partition coefficient (Wildman–Crippen LogP) is 2.16. The summed E-state index contributed by atoms with van der Waals surface area (Å²) in [6.45, 7) is 1.34. The van der Waals surface area contributed by atoms with Gasteiger partial charge in [-0.2, -0.15) is 11.3 Å². The van der Waals surface area contributed by atoms with Crippen molar-refractivity contribution in [3.8, 4) is 0 Å². The minimum atomic E-state index is 0.0371. The molecular formula is C14H16BrN2OS+. The van der Waals surface area contributed by atoms with Gasteiger partial charge in [0.05, 0.1) is 7.05 Å². The molecule has 2 aromatic rings. The van der Waals surface area contributed by atoms with Crippen molar-refractivity contribution < 1.29 is 9.69 Å². The highest BCUT2D eigenvalue weighted by molar-refractivity contribution is 9.10. The van der Waals surface area contributed by atoms with Crippen molar-refractivity contribution in [2.45, 2.75) is 6.54 Å². The summed E-state index contributed by atoms with van der Waals surface area (Å²) in [4.78, 5) is 13.1. The quantitative estimate of drug-likeness (QED) is 0.859. The number of hydrogen-bond acceptors (Lipinski definition) is 2. The van der Waals surface area contributed by atoms with Crippen molar-refractivity contribution in [1.82, 2.24) is 0 Å². The van der Waals surface area contributed by atoms with Crippen LogP contribution in [0.5, 0.6) is 0 Å². The molecule has 0 aliphatic rings. The van der Waals surface area contributed by atoms with E-state index in [1.165, 1.54) is 10.5 Å². The number of nitrogens with one attached hydrogen (secondary N) is 2. The van der Waals surface area contributed by atoms with Crippen molar-refractivity contribution in [2.75, 3.05) is 18.9 Å². The zero-order valence-electron chi connectivity index (χ0n) is 10.7. The summed E-state index contributed by atoms with van der Waals surface area (Å²) in [5.41, 5.74) is 2.11. The van der Waals surface area contributed by atoms with E-state index in [1.807, 2.05) is 31.3 Å². The molecule has 5 heteroatoms. The Balaban J connectivity index is 1.82. The summed E-state index contributed by atoms with van der Waals surface area (Å²) in [6, 6.07) is 9.70. The molecule has 0 radical (unpaired) electrons. The molecule has 0 bridgehead atoms. The van der Waals surface area contributed by atoms with Gasteiger partial charge in [-0.15, -0.1) is 0 Å². The first kappa shape index (κ1) is 14.2. The molecule has 100 valence electrons. The molecule has 1 unspecified atom stereocenters. The fraction of sp³-hybridized carbons (Fsp3) is 0.214. The van der Waals surface area contributed by atoms with Crippen LogP contribution in [0.25, 0.3) is 0 Å². The Morgan fingerprint density at radius 1 is 1.32 bits per heavy atom. The Kier molecular flexibility index (Phi) is 5.13. The highest BCUT2D eigenvalue weighted by Crippen LogP contribution is 2.13. The van der Waals surface area contributed by atoms with E-state index in [1.54, 1.807) is 11.3 Å². The Morgan fingerprint density at radius 3 is 2.68 bits per heavy atom. The van der Waals surface area contributed by atoms with Gasteiger partial charge in [-0.1, -0.05) is 15.9 Å². The molecule has 1 heterocycles. The zero-order valence-corrected chi connectivity index (χ0v) is 13.1. The third-order valence-electron chi connectivity index (χ3n) is 2.68. The van der Waals surface area contributed by atoms with Crippen molar-refractivity contribution in [3.63, 3.8) is 0 Å². The Bertz CT molecular complexity index is 525. The van der Waals surface area contributed by atoms with Crippen LogP contribution in [0.3, 0.4) is 0 Å². The van der Waals surface area contributed by atoms with Crippen LogP contribution in [0.15, 0.2) is 45.6 Å². The molecule has 3 nitrogen and oxygen atoms in total. The second-order valence-corrected chi connectivity index (χ2v) is 6.19. The number of carbonyl (C=O) groups excluding carboxylic acids is 1. The van der Waals surface area contributed by atoms with E-state index < -0.39 is 0 Å². The minimum Gasteiger partial charge on any atom is -0.326 e. The van der Waals surface area contributed by atoms with Gasteiger partial charge in [-0.25, -0.2) is 0 Å². The maximum absolute atomic E-state index is 11.9. The fourth-order valence-corrected chi connectivity index (χ4v) is 2.75. The zero-order chi connectivity index (χ0) is 13.7. The van der Waals surface area contributed by atoms with Crippen molar-refractivity contribution in [3.05, 3.63) is 51.1 Å². The highest BCUT2D eigenvalue weighted by Gasteiger charge is 2.10. The monoisotopic (exact) mass is 339 g/mol. The van der Waals surface area contributed by atoms with E-state index in [9.17, 15) is 4.79 Å². The molecule has 19 heavy (non-hydrogen) atoms. The third-order valence-corrected chi connectivity index (χ3v) is 3.94. The number of likely N-dealkylation sites (N-methyl/N-ethyl adjacent to an activating group) is 1. The predicted molar refractivity (Wildman–Crippen MR) is 82.5 cm³/mol. The number of anilines is 1. The molecule has 1 atom stereocenters. The SMILES string of the molecule is C[NH+](CC(=O)Nc1ccc(Br)cc1)Cc1ccsc1. The summed E-state index contributed by atoms with van der Waals surface area (Å²) >= 11 is 5.06. The number of carbonyl (C=O) groups is 1. The fourth-order valence-electron chi connectivity index (χ4n) is 1.82. The molecule has 2 rings (SSSR count). The van der Waals surface area contributed by atoms with E-state index in [2.05, 4.69) is 38.1 Å². The van der Waals surface area contributed by atoms with E-state index >= 15 is 0 Å². The molecule has 1 aromatic heterocycles. The average Bonchev–Trinajstić information content (AvgIpc) is 2.84. The van der Waals surface area contributed by atoms with Gasteiger partial charge in [-0.05, 0) is 41.1 Å². The van der Waals surface area contributed by atoms with E-state index in [-0.39, 0.29) is 5.91 Å². The number of amides is 1. The van der Waals surface area contributed by atoms with Gasteiger partial charge in [0, 0.05) is 15.7 Å². The lowest BCUT2D eigenvalue weighted by molar-refractivity contribution is -0.885. The van der Waals surface area contributed by atoms with Crippen LogP contribution < -0.4 is 10.2 Å². The molecule has 0 aliphatic heterocycles. The normalized spacial score (nSPS) is 12.1. The second-order valence-electron chi connectivity index (χ2n) is 4.50. The third kappa shape index (κ3) is 4.78. The number of benzene rings is 1. The van der Waals surface area contributed by atoms with E-state index in [0.29, 0.717) is 6.54 Å². The van der Waals surface area contributed by atoms with Gasteiger partial charge < -0.3 is 10.2 Å². The molecule has 0 fully saturated rings. The van der Waals surface area contributed by atoms with Gasteiger partial charge in [0.1, 0.15) is 6.54 Å². The second kappa shape index (κ2) is 6.84. The van der Waals surface area contributed by atoms with Crippen LogP contribution in [-0.2, 0) is 11.3 Å². The maximum atomic E-state index is 11.9. The first-order valence-corrected chi connectivity index (χ1v) is 7.75. The van der Waals surface area contributed by atoms with E-state index in [0.717, 1.165) is 16.7 Å². The van der Waals surface area contributed by atoms with Crippen LogP contribution in [-0.4, -0.2) is 19.5 Å². The van der Waals surface area contributed by atoms with Crippen LogP contribution in [0.4, 0.5) is 5.69 Å². The van der Waals surface area contributed by atoms with Crippen molar-refractivity contribution in [1.29, 1.82) is 0 Å². The molecule has 1 aromatic carbocycles. The lowest BCUT2D eigenvalue weighted by atomic mass is 10.3. The molecule has 0 spiro atoms. The topological polar surface area (TPSA) is 33.5 Å². The molecule has 0 aliphatic carbocycles. The van der Waals surface area contributed by atoms with Crippen LogP contribution >= 0.6 is 27.3 Å². The standard InChI is InChI=1S/C14H15BrN2OS/c1-17(8-11-6-7-19-10-11)9-14(18)16-13-4-2-12(15)3-5-13/h2-7,10H,8-9H2,1H3,(H,16,18)/p+1. The number of thiophene rings is 1. The summed E-state index contributed by atoms with van der Waals surface area (Å²) in [5, 5.41) is 7.08. The van der Waals surface area contributed by atoms with Gasteiger partial charge >= 0.3 is 0 Å². The van der Waals surface area contributed by atoms with Gasteiger partial charge in [0.25, 0.3) is 5.91 Å². The first-order valence-electron chi connectivity index (χ1n) is 6.01. The molecule has 0 saturated carbocycles. The summed E-state index contributed by atoms with van der Waals surface area (Å²) in [6.07, 6.45) is 0. The smallest absolute Gasteiger partial charge is 0.279 e. The minimum absolute atomic E-state index is 0.0371. The number of quaternary nitrogens is 1. The van der Waals surface area contributed by atoms with Crippen molar-refractivity contribution in [2.24, 2.45) is 0 Å². The number of halogens is 1. The molecule has 1 amide bonds. The maximum Gasteiger partial charge on any atom is 0.279 e.